The van der Waals surface area contributed by atoms with Crippen LogP contribution in [0.1, 0.15) is 5.56 Å². The Hall–Kier alpha value is -3.61. The Morgan fingerprint density at radius 2 is 1.82 bits per heavy atom. The van der Waals surface area contributed by atoms with Crippen molar-refractivity contribution in [3.8, 4) is 5.75 Å². The van der Waals surface area contributed by atoms with Gasteiger partial charge in [-0.05, 0) is 48.5 Å². The fourth-order valence-corrected chi connectivity index (χ4v) is 5.67. The highest BCUT2D eigenvalue weighted by molar-refractivity contribution is 9.10. The van der Waals surface area contributed by atoms with E-state index < -0.39 is 15.0 Å². The van der Waals surface area contributed by atoms with E-state index in [4.69, 9.17) is 4.18 Å². The van der Waals surface area contributed by atoms with Gasteiger partial charge in [-0.3, -0.25) is 14.9 Å². The molecule has 5 rings (SSSR count). The van der Waals surface area contributed by atoms with Gasteiger partial charge in [0.05, 0.1) is 20.5 Å². The average molecular weight is 558 g/mol. The van der Waals surface area contributed by atoms with E-state index in [1.54, 1.807) is 24.3 Å². The van der Waals surface area contributed by atoms with Crippen LogP contribution in [0.4, 0.5) is 5.69 Å². The number of hydrogen-bond acceptors (Lipinski definition) is 8. The molecule has 0 amide bonds. The Balaban J connectivity index is 1.59. The monoisotopic (exact) mass is 557 g/mol. The Bertz CT molecular complexity index is 1810. The Labute approximate surface area is 204 Å². The van der Waals surface area contributed by atoms with Gasteiger partial charge in [0.1, 0.15) is 10.6 Å². The molecule has 5 aromatic rings. The molecular formula is C22H12BrN3O6S2. The molecule has 0 saturated heterocycles. The number of nitrogens with zero attached hydrogens (tertiary/aromatic N) is 3. The van der Waals surface area contributed by atoms with Crippen LogP contribution in [-0.2, 0) is 10.1 Å². The third kappa shape index (κ3) is 3.95. The van der Waals surface area contributed by atoms with Crippen LogP contribution in [0.3, 0.4) is 0 Å². The first kappa shape index (κ1) is 22.2. The van der Waals surface area contributed by atoms with Gasteiger partial charge in [0.25, 0.3) is 11.2 Å². The Morgan fingerprint density at radius 3 is 2.56 bits per heavy atom. The highest BCUT2D eigenvalue weighted by Crippen LogP contribution is 2.28. The molecule has 2 aromatic heterocycles. The van der Waals surface area contributed by atoms with Gasteiger partial charge in [-0.2, -0.15) is 8.42 Å². The van der Waals surface area contributed by atoms with Crippen molar-refractivity contribution in [1.29, 1.82) is 0 Å². The smallest absolute Gasteiger partial charge is 0.339 e. The van der Waals surface area contributed by atoms with Gasteiger partial charge < -0.3 is 4.18 Å². The summed E-state index contributed by atoms with van der Waals surface area (Å²) in [6.45, 7) is 0. The van der Waals surface area contributed by atoms with E-state index in [0.29, 0.717) is 30.6 Å². The number of imidazole rings is 1. The van der Waals surface area contributed by atoms with Crippen LogP contribution < -0.4 is 14.3 Å². The number of aromatic nitrogens is 2. The number of hydrogen-bond donors (Lipinski definition) is 0. The molecule has 0 radical (unpaired) electrons. The normalized spacial score (nSPS) is 12.4. The minimum atomic E-state index is -4.29. The van der Waals surface area contributed by atoms with E-state index in [9.17, 15) is 23.3 Å². The van der Waals surface area contributed by atoms with Crippen LogP contribution >= 0.6 is 27.3 Å². The zero-order valence-corrected chi connectivity index (χ0v) is 20.1. The lowest BCUT2D eigenvalue weighted by molar-refractivity contribution is -0.384. The summed E-state index contributed by atoms with van der Waals surface area (Å²) in [7, 11) is -4.29. The quantitative estimate of drug-likeness (QED) is 0.182. The molecule has 0 aliphatic carbocycles. The number of rotatable bonds is 5. The molecule has 0 aliphatic rings. The molecule has 0 aliphatic heterocycles. The summed E-state index contributed by atoms with van der Waals surface area (Å²) >= 11 is 4.53. The summed E-state index contributed by atoms with van der Waals surface area (Å²) in [6, 6.07) is 16.3. The zero-order chi connectivity index (χ0) is 24.0. The second-order valence-corrected chi connectivity index (χ2v) is 10.6. The maximum absolute atomic E-state index is 13.1. The number of thiazole rings is 1. The van der Waals surface area contributed by atoms with Gasteiger partial charge in [-0.1, -0.05) is 39.4 Å². The Morgan fingerprint density at radius 1 is 1.09 bits per heavy atom. The molecule has 0 bridgehead atoms. The summed E-state index contributed by atoms with van der Waals surface area (Å²) in [5, 5.41) is 10.8. The van der Waals surface area contributed by atoms with Crippen molar-refractivity contribution in [2.24, 2.45) is 0 Å². The van der Waals surface area contributed by atoms with Gasteiger partial charge >= 0.3 is 10.1 Å². The number of nitro groups is 1. The zero-order valence-electron chi connectivity index (χ0n) is 16.9. The van der Waals surface area contributed by atoms with Gasteiger partial charge in [0.15, 0.2) is 4.96 Å². The molecule has 0 N–H and O–H groups in total. The first-order valence-corrected chi connectivity index (χ1v) is 12.6. The molecule has 12 heteroatoms. The summed E-state index contributed by atoms with van der Waals surface area (Å²) in [5.74, 6) is -0.00292. The molecule has 2 heterocycles. The largest absolute Gasteiger partial charge is 0.378 e. The first-order chi connectivity index (χ1) is 16.2. The second kappa shape index (κ2) is 8.31. The molecule has 0 spiro atoms. The van der Waals surface area contributed by atoms with Crippen molar-refractivity contribution in [3.05, 3.63) is 102 Å². The summed E-state index contributed by atoms with van der Waals surface area (Å²) in [6.07, 6.45) is 1.54. The molecule has 34 heavy (non-hydrogen) atoms. The average Bonchev–Trinajstić information content (AvgIpc) is 3.31. The maximum Gasteiger partial charge on any atom is 0.339 e. The lowest BCUT2D eigenvalue weighted by Crippen LogP contribution is -2.22. The number of para-hydroxylation sites is 2. The van der Waals surface area contributed by atoms with E-state index >= 15 is 0 Å². The predicted molar refractivity (Wildman–Crippen MR) is 131 cm³/mol. The van der Waals surface area contributed by atoms with Crippen LogP contribution in [0.2, 0.25) is 0 Å². The fraction of sp³-hybridized carbons (Fsp3) is 0. The van der Waals surface area contributed by atoms with E-state index in [1.165, 1.54) is 21.8 Å². The van der Waals surface area contributed by atoms with Crippen molar-refractivity contribution in [1.82, 2.24) is 9.38 Å². The van der Waals surface area contributed by atoms with E-state index in [0.717, 1.165) is 24.3 Å². The molecule has 3 aromatic carbocycles. The number of benzene rings is 3. The summed E-state index contributed by atoms with van der Waals surface area (Å²) < 4.78 is 33.4. The number of non-ortho nitro benzene ring substituents is 1. The topological polar surface area (TPSA) is 121 Å². The SMILES string of the molecule is O=c1c(=Cc2cc(Br)ccc2OS(=O)(=O)c2ccc([N+](=O)[O-])cc2)sc2nc3ccccc3n12. The van der Waals surface area contributed by atoms with Crippen molar-refractivity contribution < 1.29 is 17.5 Å². The number of nitro benzene ring substituents is 1. The highest BCUT2D eigenvalue weighted by Gasteiger charge is 2.20. The lowest BCUT2D eigenvalue weighted by atomic mass is 10.2. The van der Waals surface area contributed by atoms with Crippen molar-refractivity contribution >= 4 is 65.1 Å². The van der Waals surface area contributed by atoms with E-state index in [-0.39, 0.29) is 21.9 Å². The fourth-order valence-electron chi connectivity index (χ4n) is 3.36. The first-order valence-electron chi connectivity index (χ1n) is 9.63. The van der Waals surface area contributed by atoms with E-state index in [2.05, 4.69) is 20.9 Å². The van der Waals surface area contributed by atoms with Gasteiger partial charge in [0, 0.05) is 22.2 Å². The van der Waals surface area contributed by atoms with Crippen LogP contribution in [0.25, 0.3) is 22.1 Å². The second-order valence-electron chi connectivity index (χ2n) is 7.10. The summed E-state index contributed by atoms with van der Waals surface area (Å²) in [4.78, 5) is 28.0. The molecule has 0 saturated carbocycles. The molecule has 0 fully saturated rings. The van der Waals surface area contributed by atoms with Crippen LogP contribution in [0.5, 0.6) is 5.75 Å². The van der Waals surface area contributed by atoms with Gasteiger partial charge in [0.2, 0.25) is 0 Å². The number of fused-ring (bicyclic) bond motifs is 3. The third-order valence-corrected chi connectivity index (χ3v) is 7.65. The Kier molecular flexibility index (Phi) is 5.42. The van der Waals surface area contributed by atoms with Crippen molar-refractivity contribution in [2.45, 2.75) is 4.90 Å². The molecule has 0 unspecified atom stereocenters. The highest BCUT2D eigenvalue weighted by atomic mass is 79.9. The van der Waals surface area contributed by atoms with E-state index in [1.807, 2.05) is 18.2 Å². The van der Waals surface area contributed by atoms with Gasteiger partial charge in [-0.15, -0.1) is 0 Å². The molecule has 170 valence electrons. The standard InChI is InChI=1S/C22H12BrN3O6S2/c23-14-5-10-19(32-34(30,31)16-8-6-15(7-9-16)26(28)29)13(11-14)12-20-21(27)25-18-4-2-1-3-17(18)24-22(25)33-20/h1-12H. The molecular weight excluding hydrogens is 546 g/mol. The van der Waals surface area contributed by atoms with Crippen molar-refractivity contribution in [2.75, 3.05) is 0 Å². The maximum atomic E-state index is 13.1. The van der Waals surface area contributed by atoms with Crippen LogP contribution in [0.15, 0.2) is 80.9 Å². The van der Waals surface area contributed by atoms with Crippen LogP contribution in [-0.4, -0.2) is 22.7 Å². The summed E-state index contributed by atoms with van der Waals surface area (Å²) in [5.41, 5.74) is 1.22. The van der Waals surface area contributed by atoms with Crippen LogP contribution in [0, 0.1) is 10.1 Å². The number of halogens is 1. The molecule has 0 atom stereocenters. The third-order valence-electron chi connectivity index (χ3n) is 4.94. The van der Waals surface area contributed by atoms with Crippen molar-refractivity contribution in [3.63, 3.8) is 0 Å². The minimum absolute atomic E-state index is 0.00292. The minimum Gasteiger partial charge on any atom is -0.378 e. The predicted octanol–water partition coefficient (Wildman–Crippen LogP) is 3.90. The van der Waals surface area contributed by atoms with Gasteiger partial charge in [-0.25, -0.2) is 9.38 Å². The lowest BCUT2D eigenvalue weighted by Gasteiger charge is -2.10. The molecule has 9 nitrogen and oxygen atoms in total.